The highest BCUT2D eigenvalue weighted by Crippen LogP contribution is 2.22. The van der Waals surface area contributed by atoms with Crippen LogP contribution in [0.5, 0.6) is 0 Å². The number of rotatable bonds is 5. The van der Waals surface area contributed by atoms with Crippen molar-refractivity contribution >= 4 is 28.8 Å². The number of aromatic nitrogens is 1. The topological polar surface area (TPSA) is 55.1 Å². The van der Waals surface area contributed by atoms with E-state index in [-0.39, 0.29) is 5.91 Å². The van der Waals surface area contributed by atoms with Crippen LogP contribution in [0.2, 0.25) is 0 Å². The van der Waals surface area contributed by atoms with Crippen LogP contribution in [0.4, 0.5) is 0 Å². The summed E-state index contributed by atoms with van der Waals surface area (Å²) < 4.78 is 5.57. The molecule has 2 aromatic carbocycles. The Labute approximate surface area is 132 Å². The van der Waals surface area contributed by atoms with Gasteiger partial charge < -0.3 is 9.73 Å². The lowest BCUT2D eigenvalue weighted by molar-refractivity contribution is -0.118. The van der Waals surface area contributed by atoms with E-state index in [1.807, 2.05) is 55.5 Å². The SMILES string of the molecule is Cc1ccc(CNC(=O)CSc2nc3ccccc3o2)cc1. The van der Waals surface area contributed by atoms with Crippen LogP contribution in [0.1, 0.15) is 11.1 Å². The van der Waals surface area contributed by atoms with Crippen molar-refractivity contribution in [2.45, 2.75) is 18.7 Å². The smallest absolute Gasteiger partial charge is 0.257 e. The lowest BCUT2D eigenvalue weighted by Gasteiger charge is -2.04. The number of carbonyl (C=O) groups is 1. The van der Waals surface area contributed by atoms with Gasteiger partial charge in [-0.15, -0.1) is 0 Å². The Kier molecular flexibility index (Phi) is 4.44. The molecule has 0 atom stereocenters. The zero-order valence-electron chi connectivity index (χ0n) is 12.2. The van der Waals surface area contributed by atoms with Crippen molar-refractivity contribution in [1.82, 2.24) is 10.3 Å². The standard InChI is InChI=1S/C17H16N2O2S/c1-12-6-8-13(9-7-12)10-18-16(20)11-22-17-19-14-4-2-3-5-15(14)21-17/h2-9H,10-11H2,1H3,(H,18,20). The fourth-order valence-electron chi connectivity index (χ4n) is 2.00. The number of hydrogen-bond donors (Lipinski definition) is 1. The quantitative estimate of drug-likeness (QED) is 0.732. The highest BCUT2D eigenvalue weighted by Gasteiger charge is 2.08. The Morgan fingerprint density at radius 2 is 1.95 bits per heavy atom. The average molecular weight is 312 g/mol. The first-order valence-electron chi connectivity index (χ1n) is 7.01. The van der Waals surface area contributed by atoms with Crippen LogP contribution < -0.4 is 5.32 Å². The van der Waals surface area contributed by atoms with Crippen molar-refractivity contribution < 1.29 is 9.21 Å². The van der Waals surface area contributed by atoms with Crippen LogP contribution in [0.15, 0.2) is 58.2 Å². The summed E-state index contributed by atoms with van der Waals surface area (Å²) in [7, 11) is 0. The predicted octanol–water partition coefficient (Wildman–Crippen LogP) is 3.54. The molecule has 0 unspecified atom stereocenters. The molecule has 3 aromatic rings. The maximum absolute atomic E-state index is 11.9. The molecule has 1 aromatic heterocycles. The predicted molar refractivity (Wildman–Crippen MR) is 87.8 cm³/mol. The van der Waals surface area contributed by atoms with Crippen molar-refractivity contribution in [3.8, 4) is 0 Å². The number of oxazole rings is 1. The van der Waals surface area contributed by atoms with E-state index in [4.69, 9.17) is 4.42 Å². The first-order chi connectivity index (χ1) is 10.7. The van der Waals surface area contributed by atoms with Crippen LogP contribution in [0, 0.1) is 6.92 Å². The van der Waals surface area contributed by atoms with Gasteiger partial charge in [0, 0.05) is 6.54 Å². The maximum Gasteiger partial charge on any atom is 0.257 e. The third-order valence-corrected chi connectivity index (χ3v) is 4.04. The number of hydrogen-bond acceptors (Lipinski definition) is 4. The molecule has 0 aliphatic carbocycles. The molecule has 3 rings (SSSR count). The molecule has 0 bridgehead atoms. The van der Waals surface area contributed by atoms with E-state index in [1.54, 1.807) is 0 Å². The molecule has 0 radical (unpaired) electrons. The first kappa shape index (κ1) is 14.7. The van der Waals surface area contributed by atoms with Crippen LogP contribution in [-0.2, 0) is 11.3 Å². The van der Waals surface area contributed by atoms with Crippen molar-refractivity contribution in [2.24, 2.45) is 0 Å². The molecule has 0 saturated heterocycles. The molecular weight excluding hydrogens is 296 g/mol. The molecule has 4 nitrogen and oxygen atoms in total. The highest BCUT2D eigenvalue weighted by molar-refractivity contribution is 7.99. The van der Waals surface area contributed by atoms with Crippen LogP contribution >= 0.6 is 11.8 Å². The summed E-state index contributed by atoms with van der Waals surface area (Å²) in [5, 5.41) is 3.41. The van der Waals surface area contributed by atoms with Gasteiger partial charge in [-0.25, -0.2) is 4.98 Å². The van der Waals surface area contributed by atoms with Crippen LogP contribution in [0.25, 0.3) is 11.1 Å². The Hall–Kier alpha value is -2.27. The van der Waals surface area contributed by atoms with Crippen LogP contribution in [-0.4, -0.2) is 16.6 Å². The highest BCUT2D eigenvalue weighted by atomic mass is 32.2. The number of benzene rings is 2. The van der Waals surface area contributed by atoms with Gasteiger partial charge in [-0.2, -0.15) is 0 Å². The third kappa shape index (κ3) is 3.68. The lowest BCUT2D eigenvalue weighted by atomic mass is 10.1. The summed E-state index contributed by atoms with van der Waals surface area (Å²) in [6.45, 7) is 2.58. The fraction of sp³-hybridized carbons (Fsp3) is 0.176. The third-order valence-electron chi connectivity index (χ3n) is 3.21. The molecule has 1 N–H and O–H groups in total. The van der Waals surface area contributed by atoms with Gasteiger partial charge in [-0.3, -0.25) is 4.79 Å². The van der Waals surface area contributed by atoms with Crippen LogP contribution in [0.3, 0.4) is 0 Å². The Bertz CT molecular complexity index is 748. The van der Waals surface area contributed by atoms with Gasteiger partial charge in [0.25, 0.3) is 5.22 Å². The molecular formula is C17H16N2O2S. The molecule has 0 spiro atoms. The van der Waals surface area contributed by atoms with E-state index < -0.39 is 0 Å². The molecule has 1 heterocycles. The first-order valence-corrected chi connectivity index (χ1v) is 8.00. The summed E-state index contributed by atoms with van der Waals surface area (Å²) in [6, 6.07) is 15.7. The Balaban J connectivity index is 1.50. The zero-order valence-corrected chi connectivity index (χ0v) is 13.0. The number of amides is 1. The van der Waals surface area contributed by atoms with Gasteiger partial charge in [0.1, 0.15) is 5.52 Å². The summed E-state index contributed by atoms with van der Waals surface area (Å²) in [4.78, 5) is 16.2. The molecule has 0 fully saturated rings. The summed E-state index contributed by atoms with van der Waals surface area (Å²) >= 11 is 1.30. The van der Waals surface area contributed by atoms with Crippen molar-refractivity contribution in [3.63, 3.8) is 0 Å². The second-order valence-electron chi connectivity index (χ2n) is 5.00. The molecule has 22 heavy (non-hydrogen) atoms. The van der Waals surface area contributed by atoms with Gasteiger partial charge in [0.2, 0.25) is 5.91 Å². The average Bonchev–Trinajstić information content (AvgIpc) is 2.95. The number of fused-ring (bicyclic) bond motifs is 1. The Morgan fingerprint density at radius 3 is 2.73 bits per heavy atom. The van der Waals surface area contributed by atoms with E-state index >= 15 is 0 Å². The largest absolute Gasteiger partial charge is 0.431 e. The van der Waals surface area contributed by atoms with Gasteiger partial charge in [0.15, 0.2) is 5.58 Å². The molecule has 1 amide bonds. The molecule has 112 valence electrons. The lowest BCUT2D eigenvalue weighted by Crippen LogP contribution is -2.24. The minimum atomic E-state index is -0.0344. The normalized spacial score (nSPS) is 10.8. The van der Waals surface area contributed by atoms with E-state index in [0.717, 1.165) is 16.7 Å². The monoisotopic (exact) mass is 312 g/mol. The zero-order chi connectivity index (χ0) is 15.4. The van der Waals surface area contributed by atoms with Gasteiger partial charge in [-0.05, 0) is 24.6 Å². The van der Waals surface area contributed by atoms with Gasteiger partial charge in [0.05, 0.1) is 5.75 Å². The van der Waals surface area contributed by atoms with Crippen molar-refractivity contribution in [1.29, 1.82) is 0 Å². The number of para-hydroxylation sites is 2. The molecule has 0 aliphatic heterocycles. The van der Waals surface area contributed by atoms with E-state index in [0.29, 0.717) is 17.5 Å². The van der Waals surface area contributed by atoms with E-state index in [1.165, 1.54) is 17.3 Å². The van der Waals surface area contributed by atoms with Crippen molar-refractivity contribution in [3.05, 3.63) is 59.7 Å². The van der Waals surface area contributed by atoms with Crippen molar-refractivity contribution in [2.75, 3.05) is 5.75 Å². The summed E-state index contributed by atoms with van der Waals surface area (Å²) in [6.07, 6.45) is 0. The van der Waals surface area contributed by atoms with E-state index in [2.05, 4.69) is 10.3 Å². The number of aryl methyl sites for hydroxylation is 1. The second-order valence-corrected chi connectivity index (χ2v) is 5.93. The molecule has 0 aliphatic rings. The van der Waals surface area contributed by atoms with E-state index in [9.17, 15) is 4.79 Å². The minimum absolute atomic E-state index is 0.0344. The Morgan fingerprint density at radius 1 is 1.18 bits per heavy atom. The fourth-order valence-corrected chi connectivity index (χ4v) is 2.67. The van der Waals surface area contributed by atoms with Gasteiger partial charge >= 0.3 is 0 Å². The molecule has 0 saturated carbocycles. The maximum atomic E-state index is 11.9. The number of nitrogens with zero attached hydrogens (tertiary/aromatic N) is 1. The minimum Gasteiger partial charge on any atom is -0.431 e. The summed E-state index contributed by atoms with van der Waals surface area (Å²) in [5.74, 6) is 0.256. The molecule has 5 heteroatoms. The summed E-state index contributed by atoms with van der Waals surface area (Å²) in [5.41, 5.74) is 3.85. The number of carbonyl (C=O) groups excluding carboxylic acids is 1. The number of nitrogens with one attached hydrogen (secondary N) is 1. The number of thioether (sulfide) groups is 1. The second kappa shape index (κ2) is 6.66. The van der Waals surface area contributed by atoms with Gasteiger partial charge in [-0.1, -0.05) is 53.7 Å².